The van der Waals surface area contributed by atoms with Crippen molar-refractivity contribution in [1.29, 1.82) is 0 Å². The van der Waals surface area contributed by atoms with Gasteiger partial charge in [-0.15, -0.1) is 0 Å². The van der Waals surface area contributed by atoms with Crippen LogP contribution in [-0.2, 0) is 6.54 Å². The Morgan fingerprint density at radius 1 is 1.35 bits per heavy atom. The summed E-state index contributed by atoms with van der Waals surface area (Å²) < 4.78 is 5.60. The van der Waals surface area contributed by atoms with Crippen molar-refractivity contribution in [1.82, 2.24) is 10.2 Å². The largest absolute Gasteiger partial charge is 0.494 e. The van der Waals surface area contributed by atoms with E-state index >= 15 is 0 Å². The van der Waals surface area contributed by atoms with Crippen LogP contribution in [0.1, 0.15) is 38.7 Å². The molecule has 0 amide bonds. The zero-order chi connectivity index (χ0) is 14.2. The summed E-state index contributed by atoms with van der Waals surface area (Å²) in [5.74, 6) is 0.989. The Kier molecular flexibility index (Phi) is 6.34. The highest BCUT2D eigenvalue weighted by Gasteiger charge is 2.20. The molecular weight excluding hydrogens is 248 g/mol. The molecule has 1 saturated heterocycles. The molecule has 1 fully saturated rings. The van der Waals surface area contributed by atoms with Gasteiger partial charge in [0.15, 0.2) is 0 Å². The molecule has 1 aliphatic rings. The van der Waals surface area contributed by atoms with Gasteiger partial charge in [0.1, 0.15) is 5.75 Å². The molecule has 1 aromatic carbocycles. The molecule has 2 rings (SSSR count). The third-order valence-corrected chi connectivity index (χ3v) is 3.89. The van der Waals surface area contributed by atoms with Crippen LogP contribution in [0.4, 0.5) is 0 Å². The Hall–Kier alpha value is -1.06. The van der Waals surface area contributed by atoms with Gasteiger partial charge in [-0.05, 0) is 57.0 Å². The first kappa shape index (κ1) is 15.3. The maximum Gasteiger partial charge on any atom is 0.119 e. The maximum atomic E-state index is 5.60. The number of hydrogen-bond acceptors (Lipinski definition) is 3. The van der Waals surface area contributed by atoms with Gasteiger partial charge in [0, 0.05) is 19.1 Å². The quantitative estimate of drug-likeness (QED) is 0.828. The maximum absolute atomic E-state index is 5.60. The highest BCUT2D eigenvalue weighted by Crippen LogP contribution is 2.18. The summed E-state index contributed by atoms with van der Waals surface area (Å²) in [4.78, 5) is 2.62. The number of nitrogens with one attached hydrogen (secondary N) is 1. The van der Waals surface area contributed by atoms with E-state index in [0.29, 0.717) is 6.04 Å². The molecule has 1 aromatic rings. The Morgan fingerprint density at radius 3 is 2.95 bits per heavy atom. The van der Waals surface area contributed by atoms with Gasteiger partial charge in [0.25, 0.3) is 0 Å². The van der Waals surface area contributed by atoms with Crippen molar-refractivity contribution in [2.24, 2.45) is 0 Å². The summed E-state index contributed by atoms with van der Waals surface area (Å²) in [6.07, 6.45) is 3.82. The van der Waals surface area contributed by atoms with E-state index in [2.05, 4.69) is 35.3 Å². The molecule has 112 valence electrons. The number of benzene rings is 1. The molecule has 0 aromatic heterocycles. The lowest BCUT2D eigenvalue weighted by Crippen LogP contribution is -2.45. The molecule has 0 aliphatic carbocycles. The topological polar surface area (TPSA) is 24.5 Å². The molecule has 0 bridgehead atoms. The van der Waals surface area contributed by atoms with E-state index in [1.807, 2.05) is 13.0 Å². The Labute approximate surface area is 123 Å². The highest BCUT2D eigenvalue weighted by molar-refractivity contribution is 5.28. The number of hydrogen-bond donors (Lipinski definition) is 1. The van der Waals surface area contributed by atoms with Crippen LogP contribution in [0.3, 0.4) is 0 Å². The van der Waals surface area contributed by atoms with Crippen molar-refractivity contribution < 1.29 is 4.74 Å². The lowest BCUT2D eigenvalue weighted by molar-refractivity contribution is 0.158. The van der Waals surface area contributed by atoms with Gasteiger partial charge >= 0.3 is 0 Å². The summed E-state index contributed by atoms with van der Waals surface area (Å²) in [6.45, 7) is 9.53. The minimum atomic E-state index is 0.680. The standard InChI is InChI=1S/C17H28N2O/c1-3-11-19(16-8-6-10-18-13-16)14-15-7-5-9-17(12-15)20-4-2/h5,7,9,12,16,18H,3-4,6,8,10-11,13-14H2,1-2H3. The Bertz CT molecular complexity index is 388. The first-order valence-electron chi connectivity index (χ1n) is 8.00. The lowest BCUT2D eigenvalue weighted by Gasteiger charge is -2.34. The molecule has 1 unspecified atom stereocenters. The first-order valence-corrected chi connectivity index (χ1v) is 8.00. The summed E-state index contributed by atoms with van der Waals surface area (Å²) in [7, 11) is 0. The van der Waals surface area contributed by atoms with Crippen molar-refractivity contribution in [3.63, 3.8) is 0 Å². The molecule has 0 radical (unpaired) electrons. The Morgan fingerprint density at radius 2 is 2.25 bits per heavy atom. The van der Waals surface area contributed by atoms with Gasteiger partial charge < -0.3 is 10.1 Å². The fourth-order valence-electron chi connectivity index (χ4n) is 2.96. The third-order valence-electron chi connectivity index (χ3n) is 3.89. The van der Waals surface area contributed by atoms with Crippen LogP contribution in [0.25, 0.3) is 0 Å². The number of ether oxygens (including phenoxy) is 1. The van der Waals surface area contributed by atoms with Crippen molar-refractivity contribution in [3.05, 3.63) is 29.8 Å². The molecule has 0 spiro atoms. The van der Waals surface area contributed by atoms with Gasteiger partial charge in [-0.3, -0.25) is 4.90 Å². The predicted molar refractivity (Wildman–Crippen MR) is 84.2 cm³/mol. The molecule has 1 aliphatic heterocycles. The summed E-state index contributed by atoms with van der Waals surface area (Å²) in [5, 5.41) is 3.52. The second-order valence-electron chi connectivity index (χ2n) is 5.55. The van der Waals surface area contributed by atoms with E-state index in [1.165, 1.54) is 37.9 Å². The fourth-order valence-corrected chi connectivity index (χ4v) is 2.96. The zero-order valence-electron chi connectivity index (χ0n) is 12.9. The van der Waals surface area contributed by atoms with E-state index in [9.17, 15) is 0 Å². The number of piperidine rings is 1. The van der Waals surface area contributed by atoms with Crippen LogP contribution in [0.2, 0.25) is 0 Å². The minimum Gasteiger partial charge on any atom is -0.494 e. The van der Waals surface area contributed by atoms with Crippen LogP contribution in [-0.4, -0.2) is 37.2 Å². The van der Waals surface area contributed by atoms with Crippen molar-refractivity contribution >= 4 is 0 Å². The smallest absolute Gasteiger partial charge is 0.119 e. The summed E-state index contributed by atoms with van der Waals surface area (Å²) in [5.41, 5.74) is 1.36. The van der Waals surface area contributed by atoms with Gasteiger partial charge in [0.2, 0.25) is 0 Å². The molecule has 3 nitrogen and oxygen atoms in total. The second-order valence-corrected chi connectivity index (χ2v) is 5.55. The molecule has 0 saturated carbocycles. The predicted octanol–water partition coefficient (Wildman–Crippen LogP) is 3.05. The van der Waals surface area contributed by atoms with Crippen LogP contribution in [0.15, 0.2) is 24.3 Å². The van der Waals surface area contributed by atoms with Crippen molar-refractivity contribution in [2.75, 3.05) is 26.2 Å². The molecule has 1 heterocycles. The summed E-state index contributed by atoms with van der Waals surface area (Å²) in [6, 6.07) is 9.21. The van der Waals surface area contributed by atoms with Crippen molar-refractivity contribution in [3.8, 4) is 5.75 Å². The van der Waals surface area contributed by atoms with Crippen molar-refractivity contribution in [2.45, 2.75) is 45.7 Å². The van der Waals surface area contributed by atoms with E-state index in [-0.39, 0.29) is 0 Å². The van der Waals surface area contributed by atoms with Gasteiger partial charge in [-0.2, -0.15) is 0 Å². The second kappa shape index (κ2) is 8.28. The first-order chi connectivity index (χ1) is 9.83. The zero-order valence-corrected chi connectivity index (χ0v) is 12.9. The number of rotatable bonds is 7. The van der Waals surface area contributed by atoms with Gasteiger partial charge in [-0.25, -0.2) is 0 Å². The van der Waals surface area contributed by atoms with Gasteiger partial charge in [0.05, 0.1) is 6.61 Å². The lowest BCUT2D eigenvalue weighted by atomic mass is 10.0. The fraction of sp³-hybridized carbons (Fsp3) is 0.647. The van der Waals surface area contributed by atoms with E-state index in [1.54, 1.807) is 0 Å². The average Bonchev–Trinajstić information content (AvgIpc) is 2.48. The van der Waals surface area contributed by atoms with Crippen LogP contribution in [0, 0.1) is 0 Å². The molecule has 1 atom stereocenters. The SMILES string of the molecule is CCCN(Cc1cccc(OCC)c1)C1CCCNC1. The third kappa shape index (κ3) is 4.50. The Balaban J connectivity index is 2.00. The van der Waals surface area contributed by atoms with E-state index < -0.39 is 0 Å². The van der Waals surface area contributed by atoms with Gasteiger partial charge in [-0.1, -0.05) is 19.1 Å². The number of nitrogens with zero attached hydrogens (tertiary/aromatic N) is 1. The summed E-state index contributed by atoms with van der Waals surface area (Å²) >= 11 is 0. The highest BCUT2D eigenvalue weighted by atomic mass is 16.5. The van der Waals surface area contributed by atoms with Crippen LogP contribution >= 0.6 is 0 Å². The monoisotopic (exact) mass is 276 g/mol. The molecule has 3 heteroatoms. The van der Waals surface area contributed by atoms with E-state index in [0.717, 1.165) is 25.4 Å². The van der Waals surface area contributed by atoms with Crippen LogP contribution in [0.5, 0.6) is 5.75 Å². The normalized spacial score (nSPS) is 19.2. The molecule has 1 N–H and O–H groups in total. The molecular formula is C17H28N2O. The molecule has 20 heavy (non-hydrogen) atoms. The average molecular weight is 276 g/mol. The van der Waals surface area contributed by atoms with Crippen LogP contribution < -0.4 is 10.1 Å². The van der Waals surface area contributed by atoms with E-state index in [4.69, 9.17) is 4.74 Å². The minimum absolute atomic E-state index is 0.680.